The minimum atomic E-state index is -0.835. The molecule has 0 aliphatic heterocycles. The van der Waals surface area contributed by atoms with E-state index in [-0.39, 0.29) is 12.5 Å². The summed E-state index contributed by atoms with van der Waals surface area (Å²) < 4.78 is 9.19. The number of aryl methyl sites for hydroxylation is 1. The van der Waals surface area contributed by atoms with E-state index in [0.717, 1.165) is 47.0 Å². The third-order valence-electron chi connectivity index (χ3n) is 4.79. The van der Waals surface area contributed by atoms with Crippen LogP contribution in [0.15, 0.2) is 77.8 Å². The molecule has 3 rings (SSSR count). The van der Waals surface area contributed by atoms with E-state index in [1.165, 1.54) is 11.9 Å². The topological polar surface area (TPSA) is 83.5 Å². The quantitative estimate of drug-likeness (QED) is 0.235. The van der Waals surface area contributed by atoms with Gasteiger partial charge in [-0.15, -0.1) is 0 Å². The molecule has 7 heteroatoms. The van der Waals surface area contributed by atoms with Gasteiger partial charge in [0.1, 0.15) is 11.6 Å². The molecule has 3 N–H and O–H groups in total. The number of carboxylic acid groups (broad SMARTS) is 1. The van der Waals surface area contributed by atoms with Crippen molar-refractivity contribution in [3.63, 3.8) is 0 Å². The summed E-state index contributed by atoms with van der Waals surface area (Å²) in [6.07, 6.45) is 3.71. The first kappa shape index (κ1) is 23.6. The number of aromatic nitrogens is 1. The van der Waals surface area contributed by atoms with Crippen molar-refractivity contribution in [3.8, 4) is 5.75 Å². The second-order valence-electron chi connectivity index (χ2n) is 7.45. The van der Waals surface area contributed by atoms with E-state index in [9.17, 15) is 9.90 Å². The summed E-state index contributed by atoms with van der Waals surface area (Å²) in [5.41, 5.74) is 2.10. The molecular formula is C25H29N3O3S. The largest absolute Gasteiger partial charge is 0.494 e. The predicted octanol–water partition coefficient (Wildman–Crippen LogP) is 5.47. The van der Waals surface area contributed by atoms with Crippen LogP contribution in [0.3, 0.4) is 0 Å². The number of hydrogen-bond donors (Lipinski definition) is 3. The van der Waals surface area contributed by atoms with Crippen LogP contribution in [0.2, 0.25) is 0 Å². The number of rotatable bonds is 13. The molecule has 0 amide bonds. The van der Waals surface area contributed by atoms with Crippen LogP contribution in [-0.2, 0) is 4.79 Å². The van der Waals surface area contributed by atoms with Gasteiger partial charge < -0.3 is 15.2 Å². The number of unbranched alkanes of at least 4 members (excludes halogenated alkanes) is 1. The van der Waals surface area contributed by atoms with Crippen LogP contribution in [0, 0.1) is 6.92 Å². The van der Waals surface area contributed by atoms with E-state index in [2.05, 4.69) is 15.0 Å². The molecule has 168 valence electrons. The first-order valence-corrected chi connectivity index (χ1v) is 11.5. The van der Waals surface area contributed by atoms with Crippen LogP contribution < -0.4 is 14.8 Å². The number of benzene rings is 2. The Morgan fingerprint density at radius 3 is 2.69 bits per heavy atom. The molecule has 3 aromatic rings. The summed E-state index contributed by atoms with van der Waals surface area (Å²) in [5, 5.41) is 12.6. The van der Waals surface area contributed by atoms with Crippen molar-refractivity contribution in [2.75, 3.05) is 18.5 Å². The van der Waals surface area contributed by atoms with Crippen molar-refractivity contribution < 1.29 is 14.6 Å². The third kappa shape index (κ3) is 8.24. The zero-order valence-electron chi connectivity index (χ0n) is 18.2. The van der Waals surface area contributed by atoms with Crippen molar-refractivity contribution in [3.05, 3.63) is 84.1 Å². The van der Waals surface area contributed by atoms with Gasteiger partial charge in [0.15, 0.2) is 0 Å². The van der Waals surface area contributed by atoms with Crippen molar-refractivity contribution in [2.24, 2.45) is 0 Å². The zero-order chi connectivity index (χ0) is 22.6. The highest BCUT2D eigenvalue weighted by Crippen LogP contribution is 2.26. The normalized spacial score (nSPS) is 11.7. The van der Waals surface area contributed by atoms with Gasteiger partial charge >= 0.3 is 5.97 Å². The number of hydrogen-bond acceptors (Lipinski definition) is 6. The summed E-state index contributed by atoms with van der Waals surface area (Å²) >= 11 is 1.42. The Kier molecular flexibility index (Phi) is 9.40. The lowest BCUT2D eigenvalue weighted by atomic mass is 10.0. The number of ether oxygens (including phenoxy) is 1. The lowest BCUT2D eigenvalue weighted by Gasteiger charge is -2.17. The second kappa shape index (κ2) is 12.7. The van der Waals surface area contributed by atoms with E-state index in [4.69, 9.17) is 4.74 Å². The number of carboxylic acids is 1. The molecule has 0 spiro atoms. The number of anilines is 1. The SMILES string of the molecule is Cc1ccc(C(CC(=O)O)NSc2cccc(OCCCCNc3ccccn3)c2)cc1. The molecule has 0 saturated carbocycles. The number of nitrogens with one attached hydrogen (secondary N) is 2. The zero-order valence-corrected chi connectivity index (χ0v) is 19.0. The van der Waals surface area contributed by atoms with Gasteiger partial charge in [-0.2, -0.15) is 0 Å². The van der Waals surface area contributed by atoms with Crippen molar-refractivity contribution >= 4 is 23.7 Å². The van der Waals surface area contributed by atoms with Crippen LogP contribution in [0.1, 0.15) is 36.4 Å². The third-order valence-corrected chi connectivity index (χ3v) is 5.69. The lowest BCUT2D eigenvalue weighted by Crippen LogP contribution is -2.18. The first-order chi connectivity index (χ1) is 15.6. The predicted molar refractivity (Wildman–Crippen MR) is 129 cm³/mol. The van der Waals surface area contributed by atoms with Crippen molar-refractivity contribution in [1.82, 2.24) is 9.71 Å². The van der Waals surface area contributed by atoms with Crippen LogP contribution in [-0.4, -0.2) is 29.2 Å². The van der Waals surface area contributed by atoms with Gasteiger partial charge in [-0.1, -0.05) is 42.0 Å². The van der Waals surface area contributed by atoms with E-state index in [1.54, 1.807) is 6.20 Å². The van der Waals surface area contributed by atoms with E-state index in [1.807, 2.05) is 73.7 Å². The molecule has 0 radical (unpaired) electrons. The molecule has 1 aromatic heterocycles. The van der Waals surface area contributed by atoms with Gasteiger partial charge in [0.05, 0.1) is 19.1 Å². The minimum absolute atomic E-state index is 0.0127. The maximum atomic E-state index is 11.3. The van der Waals surface area contributed by atoms with E-state index >= 15 is 0 Å². The monoisotopic (exact) mass is 451 g/mol. The van der Waals surface area contributed by atoms with Crippen molar-refractivity contribution in [2.45, 2.75) is 37.1 Å². The fraction of sp³-hybridized carbons (Fsp3) is 0.280. The molecular weight excluding hydrogens is 422 g/mol. The number of aliphatic carboxylic acids is 1. The highest BCUT2D eigenvalue weighted by atomic mass is 32.2. The fourth-order valence-corrected chi connectivity index (χ4v) is 3.89. The summed E-state index contributed by atoms with van der Waals surface area (Å²) in [4.78, 5) is 16.5. The number of nitrogens with zero attached hydrogens (tertiary/aromatic N) is 1. The minimum Gasteiger partial charge on any atom is -0.494 e. The highest BCUT2D eigenvalue weighted by Gasteiger charge is 2.15. The number of pyridine rings is 1. The standard InChI is InChI=1S/C25H29N3O3S/c1-19-10-12-20(13-11-19)23(18-25(29)30)28-32-22-8-6-7-21(17-22)31-16-5-4-15-27-24-9-2-3-14-26-24/h2-3,6-14,17,23,28H,4-5,15-16,18H2,1H3,(H,26,27)(H,29,30). The van der Waals surface area contributed by atoms with Crippen molar-refractivity contribution in [1.29, 1.82) is 0 Å². The molecule has 6 nitrogen and oxygen atoms in total. The van der Waals surface area contributed by atoms with Crippen LogP contribution >= 0.6 is 11.9 Å². The van der Waals surface area contributed by atoms with Gasteiger partial charge in [0.2, 0.25) is 0 Å². The Hall–Kier alpha value is -3.03. The molecule has 1 heterocycles. The summed E-state index contributed by atoms with van der Waals surface area (Å²) in [5.74, 6) is 0.857. The van der Waals surface area contributed by atoms with Gasteiger partial charge in [0, 0.05) is 17.6 Å². The van der Waals surface area contributed by atoms with Gasteiger partial charge in [0.25, 0.3) is 0 Å². The Morgan fingerprint density at radius 1 is 1.09 bits per heavy atom. The molecule has 1 atom stereocenters. The fourth-order valence-electron chi connectivity index (χ4n) is 3.07. The molecule has 0 saturated heterocycles. The summed E-state index contributed by atoms with van der Waals surface area (Å²) in [6, 6.07) is 21.3. The maximum Gasteiger partial charge on any atom is 0.305 e. The Labute approximate surface area is 193 Å². The molecule has 0 bridgehead atoms. The van der Waals surface area contributed by atoms with Gasteiger partial charge in [-0.25, -0.2) is 4.98 Å². The molecule has 0 fully saturated rings. The molecule has 0 aliphatic carbocycles. The molecule has 2 aromatic carbocycles. The average molecular weight is 452 g/mol. The van der Waals surface area contributed by atoms with Crippen LogP contribution in [0.25, 0.3) is 0 Å². The maximum absolute atomic E-state index is 11.3. The summed E-state index contributed by atoms with van der Waals surface area (Å²) in [7, 11) is 0. The second-order valence-corrected chi connectivity index (χ2v) is 8.36. The van der Waals surface area contributed by atoms with Gasteiger partial charge in [-0.05, 0) is 67.6 Å². The first-order valence-electron chi connectivity index (χ1n) is 10.7. The van der Waals surface area contributed by atoms with E-state index < -0.39 is 5.97 Å². The molecule has 32 heavy (non-hydrogen) atoms. The smallest absolute Gasteiger partial charge is 0.305 e. The van der Waals surface area contributed by atoms with Crippen LogP contribution in [0.5, 0.6) is 5.75 Å². The average Bonchev–Trinajstić information content (AvgIpc) is 2.80. The Bertz CT molecular complexity index is 968. The highest BCUT2D eigenvalue weighted by molar-refractivity contribution is 7.97. The van der Waals surface area contributed by atoms with Gasteiger partial charge in [-0.3, -0.25) is 9.52 Å². The molecule has 1 unspecified atom stereocenters. The Morgan fingerprint density at radius 2 is 1.94 bits per heavy atom. The lowest BCUT2D eigenvalue weighted by molar-refractivity contribution is -0.137. The van der Waals surface area contributed by atoms with Crippen LogP contribution in [0.4, 0.5) is 5.82 Å². The number of carbonyl (C=O) groups is 1. The Balaban J connectivity index is 1.44. The summed E-state index contributed by atoms with van der Waals surface area (Å²) in [6.45, 7) is 3.50. The van der Waals surface area contributed by atoms with E-state index in [0.29, 0.717) is 6.61 Å². The molecule has 0 aliphatic rings.